The maximum absolute atomic E-state index is 6.53. The molecule has 0 radical (unpaired) electrons. The van der Waals surface area contributed by atoms with E-state index in [1.54, 1.807) is 0 Å². The second-order valence-corrected chi connectivity index (χ2v) is 10.1. The van der Waals surface area contributed by atoms with Crippen LogP contribution in [-0.2, 0) is 0 Å². The number of unbranched alkanes of at least 4 members (excludes halogenated alkanes) is 3. The Balaban J connectivity index is 2.21. The van der Waals surface area contributed by atoms with E-state index in [4.69, 9.17) is 16.2 Å². The van der Waals surface area contributed by atoms with E-state index in [9.17, 15) is 0 Å². The van der Waals surface area contributed by atoms with Crippen LogP contribution in [0.2, 0.25) is 0 Å². The lowest BCUT2D eigenvalue weighted by Gasteiger charge is -2.50. The van der Waals surface area contributed by atoms with Gasteiger partial charge in [0.05, 0.1) is 12.3 Å². The van der Waals surface area contributed by atoms with Gasteiger partial charge in [0, 0.05) is 23.7 Å². The zero-order valence-corrected chi connectivity index (χ0v) is 20.9. The molecule has 0 bridgehead atoms. The number of hydrogen-bond donors (Lipinski definition) is 3. The van der Waals surface area contributed by atoms with Gasteiger partial charge < -0.3 is 26.4 Å². The number of benzene rings is 1. The Hall–Kier alpha value is -2.28. The molecule has 0 atom stereocenters. The van der Waals surface area contributed by atoms with Crippen LogP contribution in [0.1, 0.15) is 80.1 Å². The summed E-state index contributed by atoms with van der Waals surface area (Å²) in [5.41, 5.74) is 13.5. The summed E-state index contributed by atoms with van der Waals surface area (Å²) < 4.78 is 5.48. The van der Waals surface area contributed by atoms with Gasteiger partial charge in [-0.3, -0.25) is 0 Å². The van der Waals surface area contributed by atoms with Crippen molar-refractivity contribution in [2.75, 3.05) is 13.2 Å². The molecule has 7 nitrogen and oxygen atoms in total. The minimum absolute atomic E-state index is 0.0241. The maximum atomic E-state index is 6.53. The highest BCUT2D eigenvalue weighted by molar-refractivity contribution is 5.94. The molecule has 0 aromatic heterocycles. The Bertz CT molecular complexity index is 753. The van der Waals surface area contributed by atoms with Crippen LogP contribution in [0.25, 0.3) is 0 Å². The van der Waals surface area contributed by atoms with E-state index in [1.807, 2.05) is 31.2 Å². The number of rotatable bonds is 9. The first kappa shape index (κ1) is 26.0. The van der Waals surface area contributed by atoms with E-state index in [0.29, 0.717) is 18.6 Å². The fraction of sp³-hybridized carbons (Fsp3) is 0.680. The lowest BCUT2D eigenvalue weighted by Crippen LogP contribution is -2.63. The number of guanidine groups is 2. The molecular formula is C25H44N6O. The molecule has 1 aliphatic rings. The van der Waals surface area contributed by atoms with Crippen molar-refractivity contribution < 1.29 is 4.74 Å². The van der Waals surface area contributed by atoms with E-state index in [2.05, 4.69) is 54.8 Å². The van der Waals surface area contributed by atoms with Crippen molar-refractivity contribution in [3.8, 4) is 5.75 Å². The molecule has 1 saturated heterocycles. The van der Waals surface area contributed by atoms with Crippen LogP contribution in [0.4, 0.5) is 5.69 Å². The Labute approximate surface area is 194 Å². The predicted octanol–water partition coefficient (Wildman–Crippen LogP) is 4.54. The van der Waals surface area contributed by atoms with Crippen LogP contribution in [0.15, 0.2) is 34.3 Å². The molecule has 7 heteroatoms. The standard InChI is InChI=1S/C25H44N6O/c1-7-9-10-11-16-31(20-17-24(3,4)30-25(5,6)18-20)23(27)29-22(26)28-19-12-14-21(15-13-19)32-8-2/h12-15,20,30H,7-11,16-18H2,1-6H3,(H4,26,27,28,29). The molecule has 1 heterocycles. The second-order valence-electron chi connectivity index (χ2n) is 10.1. The predicted molar refractivity (Wildman–Crippen MR) is 136 cm³/mol. The maximum Gasteiger partial charge on any atom is 0.223 e. The van der Waals surface area contributed by atoms with E-state index >= 15 is 0 Å². The molecule has 0 amide bonds. The van der Waals surface area contributed by atoms with Gasteiger partial charge in [0.1, 0.15) is 5.75 Å². The number of hydrogen-bond acceptors (Lipinski definition) is 3. The fourth-order valence-electron chi connectivity index (χ4n) is 4.80. The molecule has 5 N–H and O–H groups in total. The molecule has 0 spiro atoms. The molecule has 1 aromatic rings. The van der Waals surface area contributed by atoms with Gasteiger partial charge in [-0.25, -0.2) is 4.99 Å². The Morgan fingerprint density at radius 3 is 2.22 bits per heavy atom. The van der Waals surface area contributed by atoms with Gasteiger partial charge in [-0.1, -0.05) is 26.2 Å². The van der Waals surface area contributed by atoms with Crippen molar-refractivity contribution in [1.82, 2.24) is 10.2 Å². The number of nitrogens with one attached hydrogen (secondary N) is 1. The van der Waals surface area contributed by atoms with Crippen LogP contribution in [0.5, 0.6) is 5.75 Å². The zero-order valence-electron chi connectivity index (χ0n) is 20.9. The lowest BCUT2D eigenvalue weighted by atomic mass is 9.79. The SMILES string of the molecule is CCCCCCN(/C(N)=N/C(N)=Nc1ccc(OCC)cc1)C1CC(C)(C)NC(C)(C)C1. The highest BCUT2D eigenvalue weighted by atomic mass is 16.5. The lowest BCUT2D eigenvalue weighted by molar-refractivity contribution is 0.102. The van der Waals surface area contributed by atoms with Crippen molar-refractivity contribution in [1.29, 1.82) is 0 Å². The summed E-state index contributed by atoms with van der Waals surface area (Å²) in [6.07, 6.45) is 6.71. The highest BCUT2D eigenvalue weighted by Gasteiger charge is 2.40. The van der Waals surface area contributed by atoms with Crippen molar-refractivity contribution >= 4 is 17.6 Å². The average Bonchev–Trinajstić information content (AvgIpc) is 2.67. The molecule has 180 valence electrons. The van der Waals surface area contributed by atoms with Gasteiger partial charge in [0.2, 0.25) is 5.96 Å². The number of nitrogens with zero attached hydrogens (tertiary/aromatic N) is 3. The number of nitrogens with two attached hydrogens (primary N) is 2. The first-order valence-corrected chi connectivity index (χ1v) is 12.0. The van der Waals surface area contributed by atoms with Gasteiger partial charge >= 0.3 is 0 Å². The van der Waals surface area contributed by atoms with Gasteiger partial charge in [0.15, 0.2) is 5.96 Å². The Morgan fingerprint density at radius 1 is 1.03 bits per heavy atom. The van der Waals surface area contributed by atoms with Crippen LogP contribution in [0.3, 0.4) is 0 Å². The summed E-state index contributed by atoms with van der Waals surface area (Å²) >= 11 is 0. The molecule has 2 rings (SSSR count). The summed E-state index contributed by atoms with van der Waals surface area (Å²) in [6, 6.07) is 7.78. The normalized spacial score (nSPS) is 19.1. The molecule has 1 aromatic carbocycles. The summed E-state index contributed by atoms with van der Waals surface area (Å²) in [4.78, 5) is 11.2. The molecule has 0 unspecified atom stereocenters. The van der Waals surface area contributed by atoms with Gasteiger partial charge in [0.25, 0.3) is 0 Å². The summed E-state index contributed by atoms with van der Waals surface area (Å²) in [6.45, 7) is 14.7. The summed E-state index contributed by atoms with van der Waals surface area (Å²) in [5, 5.41) is 3.75. The minimum Gasteiger partial charge on any atom is -0.494 e. The van der Waals surface area contributed by atoms with Crippen LogP contribution < -0.4 is 21.5 Å². The van der Waals surface area contributed by atoms with E-state index in [1.165, 1.54) is 19.3 Å². The smallest absolute Gasteiger partial charge is 0.223 e. The van der Waals surface area contributed by atoms with Crippen molar-refractivity contribution in [2.45, 2.75) is 97.2 Å². The highest BCUT2D eigenvalue weighted by Crippen LogP contribution is 2.31. The Morgan fingerprint density at radius 2 is 1.66 bits per heavy atom. The van der Waals surface area contributed by atoms with Crippen molar-refractivity contribution in [2.24, 2.45) is 21.5 Å². The number of piperidine rings is 1. The topological polar surface area (TPSA) is 101 Å². The monoisotopic (exact) mass is 444 g/mol. The molecule has 32 heavy (non-hydrogen) atoms. The zero-order chi connectivity index (χ0) is 23.8. The Kier molecular flexibility index (Phi) is 9.37. The number of ether oxygens (including phenoxy) is 1. The summed E-state index contributed by atoms with van der Waals surface area (Å²) in [7, 11) is 0. The third-order valence-electron chi connectivity index (χ3n) is 5.78. The van der Waals surface area contributed by atoms with Crippen molar-refractivity contribution in [3.05, 3.63) is 24.3 Å². The van der Waals surface area contributed by atoms with Gasteiger partial charge in [-0.15, -0.1) is 0 Å². The average molecular weight is 445 g/mol. The third kappa shape index (κ3) is 8.34. The first-order chi connectivity index (χ1) is 15.0. The molecule has 0 saturated carbocycles. The molecule has 1 fully saturated rings. The molecule has 1 aliphatic heterocycles. The van der Waals surface area contributed by atoms with Crippen LogP contribution in [-0.4, -0.2) is 47.1 Å². The van der Waals surface area contributed by atoms with E-state index in [-0.39, 0.29) is 17.0 Å². The molecule has 0 aliphatic carbocycles. The third-order valence-corrected chi connectivity index (χ3v) is 5.78. The molecular weight excluding hydrogens is 400 g/mol. The number of aliphatic imine (C=N–C) groups is 2. The summed E-state index contributed by atoms with van der Waals surface area (Å²) in [5.74, 6) is 1.42. The van der Waals surface area contributed by atoms with Gasteiger partial charge in [-0.05, 0) is 78.1 Å². The van der Waals surface area contributed by atoms with Crippen LogP contribution in [0, 0.1) is 0 Å². The quantitative estimate of drug-likeness (QED) is 0.295. The van der Waals surface area contributed by atoms with E-state index < -0.39 is 0 Å². The fourth-order valence-corrected chi connectivity index (χ4v) is 4.80. The largest absolute Gasteiger partial charge is 0.494 e. The van der Waals surface area contributed by atoms with Crippen LogP contribution >= 0.6 is 0 Å². The second kappa shape index (κ2) is 11.5. The van der Waals surface area contributed by atoms with Crippen molar-refractivity contribution in [3.63, 3.8) is 0 Å². The van der Waals surface area contributed by atoms with E-state index in [0.717, 1.165) is 37.2 Å². The first-order valence-electron chi connectivity index (χ1n) is 12.0. The van der Waals surface area contributed by atoms with Gasteiger partial charge in [-0.2, -0.15) is 4.99 Å². The minimum atomic E-state index is 0.0241.